The van der Waals surface area contributed by atoms with Gasteiger partial charge < -0.3 is 5.73 Å². The maximum Gasteiger partial charge on any atom is 0.177 e. The number of ketones is 1. The summed E-state index contributed by atoms with van der Waals surface area (Å²) in [5.41, 5.74) is 7.15. The zero-order chi connectivity index (χ0) is 13.1. The second-order valence-electron chi connectivity index (χ2n) is 5.00. The summed E-state index contributed by atoms with van der Waals surface area (Å²) >= 11 is 0. The van der Waals surface area contributed by atoms with Crippen LogP contribution in [-0.4, -0.2) is 36.4 Å². The lowest BCUT2D eigenvalue weighted by atomic mass is 10.0. The molecule has 0 bridgehead atoms. The van der Waals surface area contributed by atoms with Crippen LogP contribution in [0.15, 0.2) is 18.2 Å². The number of carbonyl (C=O) groups is 1. The van der Waals surface area contributed by atoms with E-state index in [0.717, 1.165) is 25.9 Å². The van der Waals surface area contributed by atoms with Gasteiger partial charge in [0.05, 0.1) is 6.54 Å². The van der Waals surface area contributed by atoms with Crippen molar-refractivity contribution in [3.05, 3.63) is 35.1 Å². The largest absolute Gasteiger partial charge is 0.328 e. The van der Waals surface area contributed by atoms with Crippen LogP contribution in [0, 0.1) is 12.7 Å². The number of hydrogen-bond acceptors (Lipinski definition) is 3. The molecule has 4 heteroatoms. The molecule has 0 atom stereocenters. The monoisotopic (exact) mass is 250 g/mol. The highest BCUT2D eigenvalue weighted by Crippen LogP contribution is 2.13. The third kappa shape index (κ3) is 3.15. The van der Waals surface area contributed by atoms with Gasteiger partial charge in [0.2, 0.25) is 0 Å². The molecule has 0 unspecified atom stereocenters. The Morgan fingerprint density at radius 1 is 1.44 bits per heavy atom. The van der Waals surface area contributed by atoms with Gasteiger partial charge in [-0.1, -0.05) is 0 Å². The van der Waals surface area contributed by atoms with Crippen molar-refractivity contribution in [3.8, 4) is 0 Å². The quantitative estimate of drug-likeness (QED) is 0.831. The molecular weight excluding hydrogens is 231 g/mol. The standard InChI is InChI=1S/C14H19FN2O/c1-10-8-11(15)2-3-13(10)14(18)9-17-6-4-12(16)5-7-17/h2-3,8,12H,4-7,9,16H2,1H3. The second kappa shape index (κ2) is 5.59. The Morgan fingerprint density at radius 2 is 2.11 bits per heavy atom. The van der Waals surface area contributed by atoms with Crippen molar-refractivity contribution in [3.63, 3.8) is 0 Å². The second-order valence-corrected chi connectivity index (χ2v) is 5.00. The number of rotatable bonds is 3. The van der Waals surface area contributed by atoms with Gasteiger partial charge in [0.1, 0.15) is 5.82 Å². The van der Waals surface area contributed by atoms with E-state index in [4.69, 9.17) is 5.73 Å². The first-order chi connectivity index (χ1) is 8.56. The molecule has 1 aliphatic rings. The average molecular weight is 250 g/mol. The number of nitrogens with zero attached hydrogens (tertiary/aromatic N) is 1. The number of halogens is 1. The van der Waals surface area contributed by atoms with Gasteiger partial charge in [0, 0.05) is 24.7 Å². The van der Waals surface area contributed by atoms with Gasteiger partial charge in [-0.15, -0.1) is 0 Å². The summed E-state index contributed by atoms with van der Waals surface area (Å²) in [6.07, 6.45) is 1.88. The predicted molar refractivity (Wildman–Crippen MR) is 69.1 cm³/mol. The molecule has 0 aliphatic carbocycles. The Hall–Kier alpha value is -1.26. The van der Waals surface area contributed by atoms with Crippen molar-refractivity contribution in [2.75, 3.05) is 19.6 Å². The first-order valence-corrected chi connectivity index (χ1v) is 6.33. The van der Waals surface area contributed by atoms with E-state index in [1.54, 1.807) is 13.0 Å². The van der Waals surface area contributed by atoms with Gasteiger partial charge in [-0.3, -0.25) is 9.69 Å². The third-order valence-corrected chi connectivity index (χ3v) is 3.49. The fraction of sp³-hybridized carbons (Fsp3) is 0.500. The SMILES string of the molecule is Cc1cc(F)ccc1C(=O)CN1CCC(N)CC1. The molecule has 1 fully saturated rings. The van der Waals surface area contributed by atoms with Crippen molar-refractivity contribution in [1.82, 2.24) is 4.90 Å². The number of Topliss-reactive ketones (excluding diaryl/α,β-unsaturated/α-hetero) is 1. The summed E-state index contributed by atoms with van der Waals surface area (Å²) < 4.78 is 13.0. The molecule has 0 spiro atoms. The molecule has 18 heavy (non-hydrogen) atoms. The molecule has 0 aromatic heterocycles. The van der Waals surface area contributed by atoms with Crippen LogP contribution in [0.5, 0.6) is 0 Å². The average Bonchev–Trinajstić information content (AvgIpc) is 2.32. The molecule has 1 aromatic rings. The van der Waals surface area contributed by atoms with Gasteiger partial charge >= 0.3 is 0 Å². The first-order valence-electron chi connectivity index (χ1n) is 6.33. The minimum atomic E-state index is -0.298. The summed E-state index contributed by atoms with van der Waals surface area (Å²) in [5, 5.41) is 0. The van der Waals surface area contributed by atoms with E-state index in [0.29, 0.717) is 17.7 Å². The molecule has 2 rings (SSSR count). The van der Waals surface area contributed by atoms with Crippen molar-refractivity contribution in [2.45, 2.75) is 25.8 Å². The van der Waals surface area contributed by atoms with Crippen molar-refractivity contribution in [1.29, 1.82) is 0 Å². The van der Waals surface area contributed by atoms with E-state index in [1.165, 1.54) is 12.1 Å². The summed E-state index contributed by atoms with van der Waals surface area (Å²) in [6, 6.07) is 4.58. The Bertz CT molecular complexity index is 439. The molecule has 0 saturated carbocycles. The van der Waals surface area contributed by atoms with E-state index in [1.807, 2.05) is 0 Å². The van der Waals surface area contributed by atoms with Crippen LogP contribution in [0.1, 0.15) is 28.8 Å². The Morgan fingerprint density at radius 3 is 2.72 bits per heavy atom. The van der Waals surface area contributed by atoms with Crippen LogP contribution >= 0.6 is 0 Å². The normalized spacial score (nSPS) is 17.9. The molecule has 2 N–H and O–H groups in total. The highest BCUT2D eigenvalue weighted by Gasteiger charge is 2.19. The van der Waals surface area contributed by atoms with Gasteiger partial charge in [-0.25, -0.2) is 4.39 Å². The highest BCUT2D eigenvalue weighted by molar-refractivity contribution is 5.98. The number of piperidine rings is 1. The molecule has 1 saturated heterocycles. The summed E-state index contributed by atoms with van der Waals surface area (Å²) in [5.74, 6) is -0.240. The molecule has 98 valence electrons. The van der Waals surface area contributed by atoms with Crippen LogP contribution in [0.25, 0.3) is 0 Å². The zero-order valence-electron chi connectivity index (χ0n) is 10.7. The van der Waals surface area contributed by atoms with Crippen LogP contribution < -0.4 is 5.73 Å². The first kappa shape index (κ1) is 13.2. The summed E-state index contributed by atoms with van der Waals surface area (Å²) in [7, 11) is 0. The van der Waals surface area contributed by atoms with Crippen molar-refractivity contribution < 1.29 is 9.18 Å². The summed E-state index contributed by atoms with van der Waals surface area (Å²) in [6.45, 7) is 3.90. The molecule has 1 aliphatic heterocycles. The molecule has 3 nitrogen and oxygen atoms in total. The third-order valence-electron chi connectivity index (χ3n) is 3.49. The maximum absolute atomic E-state index is 13.0. The smallest absolute Gasteiger partial charge is 0.177 e. The fourth-order valence-electron chi connectivity index (χ4n) is 2.34. The minimum Gasteiger partial charge on any atom is -0.328 e. The van der Waals surface area contributed by atoms with Crippen LogP contribution in [-0.2, 0) is 0 Å². The minimum absolute atomic E-state index is 0.0583. The van der Waals surface area contributed by atoms with E-state index >= 15 is 0 Å². The number of likely N-dealkylation sites (tertiary alicyclic amines) is 1. The maximum atomic E-state index is 13.0. The fourth-order valence-corrected chi connectivity index (χ4v) is 2.34. The van der Waals surface area contributed by atoms with E-state index in [9.17, 15) is 9.18 Å². The topological polar surface area (TPSA) is 46.3 Å². The predicted octanol–water partition coefficient (Wildman–Crippen LogP) is 1.74. The number of carbonyl (C=O) groups excluding carboxylic acids is 1. The lowest BCUT2D eigenvalue weighted by Gasteiger charge is -2.29. The van der Waals surface area contributed by atoms with Gasteiger partial charge in [0.15, 0.2) is 5.78 Å². The van der Waals surface area contributed by atoms with E-state index in [2.05, 4.69) is 4.90 Å². The van der Waals surface area contributed by atoms with Crippen LogP contribution in [0.4, 0.5) is 4.39 Å². The van der Waals surface area contributed by atoms with Gasteiger partial charge in [-0.2, -0.15) is 0 Å². The molecule has 0 radical (unpaired) electrons. The lowest BCUT2D eigenvalue weighted by molar-refractivity contribution is 0.0909. The molecule has 0 amide bonds. The van der Waals surface area contributed by atoms with Crippen LogP contribution in [0.2, 0.25) is 0 Å². The zero-order valence-corrected chi connectivity index (χ0v) is 10.7. The number of nitrogens with two attached hydrogens (primary N) is 1. The Labute approximate surface area is 107 Å². The molecule has 1 aromatic carbocycles. The number of aryl methyl sites for hydroxylation is 1. The van der Waals surface area contributed by atoms with Gasteiger partial charge in [-0.05, 0) is 43.5 Å². The van der Waals surface area contributed by atoms with Gasteiger partial charge in [0.25, 0.3) is 0 Å². The van der Waals surface area contributed by atoms with E-state index < -0.39 is 0 Å². The number of hydrogen-bond donors (Lipinski definition) is 1. The van der Waals surface area contributed by atoms with Crippen molar-refractivity contribution >= 4 is 5.78 Å². The molecule has 1 heterocycles. The molecular formula is C14H19FN2O. The van der Waals surface area contributed by atoms with E-state index in [-0.39, 0.29) is 17.6 Å². The highest BCUT2D eigenvalue weighted by atomic mass is 19.1. The Kier molecular flexibility index (Phi) is 4.09. The Balaban J connectivity index is 1.99. The lowest BCUT2D eigenvalue weighted by Crippen LogP contribution is -2.42. The van der Waals surface area contributed by atoms with Crippen LogP contribution in [0.3, 0.4) is 0 Å². The number of benzene rings is 1. The summed E-state index contributed by atoms with van der Waals surface area (Å²) in [4.78, 5) is 14.3. The van der Waals surface area contributed by atoms with Crippen molar-refractivity contribution in [2.24, 2.45) is 5.73 Å².